The van der Waals surface area contributed by atoms with Crippen LogP contribution in [0.4, 0.5) is 0 Å². The Bertz CT molecular complexity index is 396. The first kappa shape index (κ1) is 13.5. The Labute approximate surface area is 110 Å². The second kappa shape index (κ2) is 5.77. The number of carbonyl (C=O) groups is 1. The maximum atomic E-state index is 11.2. The highest BCUT2D eigenvalue weighted by Gasteiger charge is 2.39. The Morgan fingerprint density at radius 3 is 3.06 bits per heavy atom. The minimum absolute atomic E-state index is 0.0656. The fraction of sp³-hybridized carbons (Fsp3) is 0.667. The molecule has 1 fully saturated rings. The zero-order valence-electron chi connectivity index (χ0n) is 10.6. The summed E-state index contributed by atoms with van der Waals surface area (Å²) in [5.41, 5.74) is 2.80. The molecule has 5 nitrogen and oxygen atoms in total. The van der Waals surface area contributed by atoms with Gasteiger partial charge in [0.2, 0.25) is 0 Å². The fourth-order valence-electron chi connectivity index (χ4n) is 2.50. The molecular weight excluding hydrogens is 252 g/mol. The van der Waals surface area contributed by atoms with Crippen molar-refractivity contribution >= 4 is 17.3 Å². The predicted octanol–water partition coefficient (Wildman–Crippen LogP) is 1.63. The van der Waals surface area contributed by atoms with Crippen molar-refractivity contribution in [2.24, 2.45) is 5.92 Å². The molecule has 2 heterocycles. The van der Waals surface area contributed by atoms with Crippen molar-refractivity contribution in [3.05, 3.63) is 16.6 Å². The van der Waals surface area contributed by atoms with Crippen LogP contribution < -0.4 is 0 Å². The molecule has 0 spiro atoms. The lowest BCUT2D eigenvalue weighted by Crippen LogP contribution is -2.44. The van der Waals surface area contributed by atoms with E-state index in [-0.39, 0.29) is 12.1 Å². The summed E-state index contributed by atoms with van der Waals surface area (Å²) in [6.45, 7) is 5.69. The quantitative estimate of drug-likeness (QED) is 0.881. The summed E-state index contributed by atoms with van der Waals surface area (Å²) in [7, 11) is 0. The van der Waals surface area contributed by atoms with Crippen LogP contribution in [-0.4, -0.2) is 46.8 Å². The van der Waals surface area contributed by atoms with E-state index >= 15 is 0 Å². The van der Waals surface area contributed by atoms with Gasteiger partial charge in [0, 0.05) is 11.4 Å². The van der Waals surface area contributed by atoms with Crippen molar-refractivity contribution in [1.82, 2.24) is 9.88 Å². The van der Waals surface area contributed by atoms with Gasteiger partial charge < -0.3 is 9.84 Å². The summed E-state index contributed by atoms with van der Waals surface area (Å²) in [5.74, 6) is -1.22. The minimum atomic E-state index is -0.776. The van der Waals surface area contributed by atoms with Gasteiger partial charge in [-0.25, -0.2) is 4.98 Å². The molecule has 0 aromatic carbocycles. The molecule has 1 aromatic heterocycles. The normalized spacial score (nSPS) is 25.5. The summed E-state index contributed by atoms with van der Waals surface area (Å²) >= 11 is 1.56. The Balaban J connectivity index is 2.15. The van der Waals surface area contributed by atoms with Gasteiger partial charge in [-0.05, 0) is 13.5 Å². The number of thiazole rings is 1. The van der Waals surface area contributed by atoms with Crippen molar-refractivity contribution in [3.63, 3.8) is 0 Å². The monoisotopic (exact) mass is 270 g/mol. The maximum Gasteiger partial charge on any atom is 0.310 e. The van der Waals surface area contributed by atoms with E-state index in [1.165, 1.54) is 0 Å². The molecule has 1 saturated heterocycles. The SMILES string of the molecule is CCN(C(C)c1cscn1)C1COCC1C(=O)O. The zero-order chi connectivity index (χ0) is 13.1. The lowest BCUT2D eigenvalue weighted by Gasteiger charge is -2.33. The second-order valence-corrected chi connectivity index (χ2v) is 5.19. The Morgan fingerprint density at radius 2 is 2.50 bits per heavy atom. The van der Waals surface area contributed by atoms with Crippen LogP contribution in [0.5, 0.6) is 0 Å². The number of hydrogen-bond donors (Lipinski definition) is 1. The first-order valence-electron chi connectivity index (χ1n) is 6.09. The van der Waals surface area contributed by atoms with Crippen LogP contribution in [0.15, 0.2) is 10.9 Å². The number of aromatic nitrogens is 1. The third-order valence-electron chi connectivity index (χ3n) is 3.54. The average Bonchev–Trinajstić information content (AvgIpc) is 3.00. The highest BCUT2D eigenvalue weighted by molar-refractivity contribution is 7.07. The first-order valence-corrected chi connectivity index (χ1v) is 7.03. The molecule has 1 N–H and O–H groups in total. The molecular formula is C12H18N2O3S. The number of likely N-dealkylation sites (N-methyl/N-ethyl adjacent to an activating group) is 1. The van der Waals surface area contributed by atoms with Gasteiger partial charge in [-0.3, -0.25) is 9.69 Å². The summed E-state index contributed by atoms with van der Waals surface area (Å²) in [4.78, 5) is 17.7. The highest BCUT2D eigenvalue weighted by atomic mass is 32.1. The van der Waals surface area contributed by atoms with Gasteiger partial charge in [0.25, 0.3) is 0 Å². The second-order valence-electron chi connectivity index (χ2n) is 4.47. The van der Waals surface area contributed by atoms with E-state index in [0.717, 1.165) is 12.2 Å². The lowest BCUT2D eigenvalue weighted by atomic mass is 10.00. The Hall–Kier alpha value is -0.980. The molecule has 0 saturated carbocycles. The van der Waals surface area contributed by atoms with E-state index in [1.807, 2.05) is 12.3 Å². The van der Waals surface area contributed by atoms with Crippen LogP contribution in [0.1, 0.15) is 25.6 Å². The lowest BCUT2D eigenvalue weighted by molar-refractivity contribution is -0.143. The van der Waals surface area contributed by atoms with Crippen LogP contribution in [0.3, 0.4) is 0 Å². The highest BCUT2D eigenvalue weighted by Crippen LogP contribution is 2.28. The molecule has 0 aliphatic carbocycles. The average molecular weight is 270 g/mol. The summed E-state index contributed by atoms with van der Waals surface area (Å²) in [6.07, 6.45) is 0. The molecule has 18 heavy (non-hydrogen) atoms. The number of nitrogens with zero attached hydrogens (tertiary/aromatic N) is 2. The molecule has 3 atom stereocenters. The molecule has 0 radical (unpaired) electrons. The van der Waals surface area contributed by atoms with Gasteiger partial charge in [0.1, 0.15) is 0 Å². The molecule has 1 aromatic rings. The number of aliphatic carboxylic acids is 1. The van der Waals surface area contributed by atoms with E-state index in [0.29, 0.717) is 13.2 Å². The molecule has 6 heteroatoms. The van der Waals surface area contributed by atoms with Crippen LogP contribution in [0.2, 0.25) is 0 Å². The zero-order valence-corrected chi connectivity index (χ0v) is 11.4. The van der Waals surface area contributed by atoms with E-state index < -0.39 is 11.9 Å². The van der Waals surface area contributed by atoms with Crippen LogP contribution >= 0.6 is 11.3 Å². The molecule has 0 amide bonds. The van der Waals surface area contributed by atoms with Crippen LogP contribution in [0, 0.1) is 5.92 Å². The van der Waals surface area contributed by atoms with Crippen molar-refractivity contribution in [2.75, 3.05) is 19.8 Å². The minimum Gasteiger partial charge on any atom is -0.481 e. The van der Waals surface area contributed by atoms with Crippen molar-refractivity contribution in [3.8, 4) is 0 Å². The first-order chi connectivity index (χ1) is 8.65. The summed E-state index contributed by atoms with van der Waals surface area (Å²) < 4.78 is 5.34. The standard InChI is InChI=1S/C12H18N2O3S/c1-3-14(8(2)10-6-18-7-13-10)11-5-17-4-9(11)12(15)16/h6-9,11H,3-5H2,1-2H3,(H,15,16). The van der Waals surface area contributed by atoms with Gasteiger partial charge in [-0.1, -0.05) is 6.92 Å². The number of ether oxygens (including phenoxy) is 1. The van der Waals surface area contributed by atoms with Crippen molar-refractivity contribution < 1.29 is 14.6 Å². The Kier molecular flexibility index (Phi) is 4.31. The summed E-state index contributed by atoms with van der Waals surface area (Å²) in [5, 5.41) is 11.2. The smallest absolute Gasteiger partial charge is 0.310 e. The molecule has 0 bridgehead atoms. The third-order valence-corrected chi connectivity index (χ3v) is 4.14. The van der Waals surface area contributed by atoms with Gasteiger partial charge >= 0.3 is 5.97 Å². The number of carboxylic acids is 1. The van der Waals surface area contributed by atoms with Crippen molar-refractivity contribution in [2.45, 2.75) is 25.9 Å². The van der Waals surface area contributed by atoms with E-state index in [9.17, 15) is 9.90 Å². The van der Waals surface area contributed by atoms with Gasteiger partial charge in [-0.2, -0.15) is 0 Å². The largest absolute Gasteiger partial charge is 0.481 e. The maximum absolute atomic E-state index is 11.2. The molecule has 1 aliphatic rings. The number of hydrogen-bond acceptors (Lipinski definition) is 5. The molecule has 3 unspecified atom stereocenters. The van der Waals surface area contributed by atoms with E-state index in [2.05, 4.69) is 16.8 Å². The topological polar surface area (TPSA) is 62.7 Å². The van der Waals surface area contributed by atoms with Gasteiger partial charge in [-0.15, -0.1) is 11.3 Å². The molecule has 1 aliphatic heterocycles. The van der Waals surface area contributed by atoms with Crippen molar-refractivity contribution in [1.29, 1.82) is 0 Å². The van der Waals surface area contributed by atoms with E-state index in [1.54, 1.807) is 16.8 Å². The van der Waals surface area contributed by atoms with Crippen LogP contribution in [0.25, 0.3) is 0 Å². The predicted molar refractivity (Wildman–Crippen MR) is 68.6 cm³/mol. The fourth-order valence-corrected chi connectivity index (χ4v) is 3.14. The Morgan fingerprint density at radius 1 is 1.72 bits per heavy atom. The van der Waals surface area contributed by atoms with E-state index in [4.69, 9.17) is 4.74 Å². The molecule has 100 valence electrons. The third kappa shape index (κ3) is 2.55. The number of carboxylic acid groups (broad SMARTS) is 1. The van der Waals surface area contributed by atoms with Crippen LogP contribution in [-0.2, 0) is 9.53 Å². The van der Waals surface area contributed by atoms with Gasteiger partial charge in [0.05, 0.1) is 36.4 Å². The van der Waals surface area contributed by atoms with Gasteiger partial charge in [0.15, 0.2) is 0 Å². The summed E-state index contributed by atoms with van der Waals surface area (Å²) in [6, 6.07) is 0.0546. The molecule has 2 rings (SSSR count). The number of rotatable bonds is 5.